The molecule has 0 aromatic rings. The lowest BCUT2D eigenvalue weighted by molar-refractivity contribution is -0.118. The summed E-state index contributed by atoms with van der Waals surface area (Å²) in [7, 11) is 0. The maximum absolute atomic E-state index is 10.3. The molecule has 0 bridgehead atoms. The molecule has 3 nitrogen and oxygen atoms in total. The van der Waals surface area contributed by atoms with Gasteiger partial charge in [0.1, 0.15) is 0 Å². The van der Waals surface area contributed by atoms with Crippen LogP contribution in [0.4, 0.5) is 0 Å². The molecular weight excluding hydrogens is 152 g/mol. The SMILES string of the molecule is CC(=O)NCCCCN.Cl. The molecule has 62 valence electrons. The van der Waals surface area contributed by atoms with Crippen LogP contribution in [0.15, 0.2) is 0 Å². The monoisotopic (exact) mass is 166 g/mol. The highest BCUT2D eigenvalue weighted by Crippen LogP contribution is 1.81. The second kappa shape index (κ2) is 8.72. The van der Waals surface area contributed by atoms with Gasteiger partial charge < -0.3 is 11.1 Å². The summed E-state index contributed by atoms with van der Waals surface area (Å²) >= 11 is 0. The summed E-state index contributed by atoms with van der Waals surface area (Å²) in [6.45, 7) is 2.98. The van der Waals surface area contributed by atoms with Gasteiger partial charge in [0.2, 0.25) is 5.91 Å². The van der Waals surface area contributed by atoms with E-state index >= 15 is 0 Å². The Kier molecular flexibility index (Phi) is 10.8. The Hall–Kier alpha value is -0.280. The lowest BCUT2D eigenvalue weighted by atomic mass is 10.3. The average molecular weight is 167 g/mol. The van der Waals surface area contributed by atoms with Gasteiger partial charge in [-0.05, 0) is 19.4 Å². The molecule has 0 aliphatic heterocycles. The van der Waals surface area contributed by atoms with Gasteiger partial charge in [0.25, 0.3) is 0 Å². The molecular formula is C6H15ClN2O. The van der Waals surface area contributed by atoms with Crippen LogP contribution in [0.3, 0.4) is 0 Å². The van der Waals surface area contributed by atoms with Gasteiger partial charge in [-0.3, -0.25) is 4.79 Å². The molecule has 0 unspecified atom stereocenters. The summed E-state index contributed by atoms with van der Waals surface area (Å²) in [5.74, 6) is 0.0343. The number of carbonyl (C=O) groups is 1. The van der Waals surface area contributed by atoms with Crippen LogP contribution in [0.5, 0.6) is 0 Å². The van der Waals surface area contributed by atoms with E-state index in [0.29, 0.717) is 6.54 Å². The molecule has 10 heavy (non-hydrogen) atoms. The molecule has 0 fully saturated rings. The zero-order valence-electron chi connectivity index (χ0n) is 6.22. The van der Waals surface area contributed by atoms with E-state index in [0.717, 1.165) is 19.4 Å². The van der Waals surface area contributed by atoms with Crippen molar-refractivity contribution in [2.75, 3.05) is 13.1 Å². The minimum Gasteiger partial charge on any atom is -0.356 e. The number of rotatable bonds is 4. The van der Waals surface area contributed by atoms with Crippen LogP contribution in [0.25, 0.3) is 0 Å². The zero-order valence-corrected chi connectivity index (χ0v) is 7.04. The van der Waals surface area contributed by atoms with Crippen molar-refractivity contribution in [1.29, 1.82) is 0 Å². The topological polar surface area (TPSA) is 55.1 Å². The molecule has 0 atom stereocenters. The Morgan fingerprint density at radius 1 is 1.50 bits per heavy atom. The third-order valence-electron chi connectivity index (χ3n) is 1.00. The second-order valence-electron chi connectivity index (χ2n) is 1.98. The Balaban J connectivity index is 0. The molecule has 0 aromatic heterocycles. The molecule has 0 spiro atoms. The number of nitrogens with one attached hydrogen (secondary N) is 1. The molecule has 0 rings (SSSR count). The first-order valence-electron chi connectivity index (χ1n) is 3.22. The third-order valence-corrected chi connectivity index (χ3v) is 1.00. The third kappa shape index (κ3) is 10.7. The quantitative estimate of drug-likeness (QED) is 0.590. The number of carbonyl (C=O) groups excluding carboxylic acids is 1. The number of hydrogen-bond acceptors (Lipinski definition) is 2. The van der Waals surface area contributed by atoms with Crippen LogP contribution in [-0.2, 0) is 4.79 Å². The largest absolute Gasteiger partial charge is 0.356 e. The average Bonchev–Trinajstić information content (AvgIpc) is 1.80. The van der Waals surface area contributed by atoms with E-state index in [1.165, 1.54) is 6.92 Å². The van der Waals surface area contributed by atoms with E-state index in [1.54, 1.807) is 0 Å². The molecule has 0 aliphatic rings. The van der Waals surface area contributed by atoms with Crippen LogP contribution in [-0.4, -0.2) is 19.0 Å². The van der Waals surface area contributed by atoms with Crippen LogP contribution in [0.1, 0.15) is 19.8 Å². The van der Waals surface area contributed by atoms with E-state index < -0.39 is 0 Å². The summed E-state index contributed by atoms with van der Waals surface area (Å²) in [5, 5.41) is 2.69. The molecule has 0 radical (unpaired) electrons. The molecule has 3 N–H and O–H groups in total. The van der Waals surface area contributed by atoms with Gasteiger partial charge in [0, 0.05) is 13.5 Å². The van der Waals surface area contributed by atoms with Crippen LogP contribution in [0.2, 0.25) is 0 Å². The number of hydrogen-bond donors (Lipinski definition) is 2. The smallest absolute Gasteiger partial charge is 0.216 e. The summed E-state index contributed by atoms with van der Waals surface area (Å²) < 4.78 is 0. The first-order valence-corrected chi connectivity index (χ1v) is 3.22. The normalized spacial score (nSPS) is 8.20. The Morgan fingerprint density at radius 3 is 2.50 bits per heavy atom. The molecule has 0 aromatic carbocycles. The van der Waals surface area contributed by atoms with Crippen molar-refractivity contribution in [3.8, 4) is 0 Å². The predicted molar refractivity (Wildman–Crippen MR) is 44.2 cm³/mol. The van der Waals surface area contributed by atoms with Gasteiger partial charge >= 0.3 is 0 Å². The number of unbranched alkanes of at least 4 members (excludes halogenated alkanes) is 1. The van der Waals surface area contributed by atoms with Crippen LogP contribution < -0.4 is 11.1 Å². The van der Waals surface area contributed by atoms with Crippen molar-refractivity contribution in [2.24, 2.45) is 5.73 Å². The molecule has 0 heterocycles. The molecule has 0 aliphatic carbocycles. The van der Waals surface area contributed by atoms with Crippen molar-refractivity contribution in [2.45, 2.75) is 19.8 Å². The van der Waals surface area contributed by atoms with Gasteiger partial charge in [-0.2, -0.15) is 0 Å². The van der Waals surface area contributed by atoms with E-state index in [2.05, 4.69) is 5.32 Å². The maximum atomic E-state index is 10.3. The minimum absolute atomic E-state index is 0. The van der Waals surface area contributed by atoms with Gasteiger partial charge in [0.15, 0.2) is 0 Å². The summed E-state index contributed by atoms with van der Waals surface area (Å²) in [6.07, 6.45) is 1.97. The fourth-order valence-corrected chi connectivity index (χ4v) is 0.534. The fraction of sp³-hybridized carbons (Fsp3) is 0.833. The first-order chi connectivity index (χ1) is 4.27. The molecule has 0 saturated carbocycles. The number of halogens is 1. The summed E-state index contributed by atoms with van der Waals surface area (Å²) in [5.41, 5.74) is 5.23. The summed E-state index contributed by atoms with van der Waals surface area (Å²) in [6, 6.07) is 0. The van der Waals surface area contributed by atoms with Gasteiger partial charge in [-0.1, -0.05) is 0 Å². The van der Waals surface area contributed by atoms with E-state index in [4.69, 9.17) is 5.73 Å². The number of nitrogens with two attached hydrogens (primary N) is 1. The van der Waals surface area contributed by atoms with E-state index in [-0.39, 0.29) is 18.3 Å². The Morgan fingerprint density at radius 2 is 2.10 bits per heavy atom. The highest BCUT2D eigenvalue weighted by molar-refractivity contribution is 5.85. The first kappa shape index (κ1) is 12.4. The van der Waals surface area contributed by atoms with Crippen LogP contribution >= 0.6 is 12.4 Å². The number of amides is 1. The van der Waals surface area contributed by atoms with Crippen molar-refractivity contribution in [3.05, 3.63) is 0 Å². The Labute approximate surface area is 67.8 Å². The zero-order chi connectivity index (χ0) is 7.11. The lowest BCUT2D eigenvalue weighted by Gasteiger charge is -1.98. The van der Waals surface area contributed by atoms with Crippen molar-refractivity contribution >= 4 is 18.3 Å². The second-order valence-corrected chi connectivity index (χ2v) is 1.98. The highest BCUT2D eigenvalue weighted by Gasteiger charge is 1.87. The fourth-order valence-electron chi connectivity index (χ4n) is 0.534. The van der Waals surface area contributed by atoms with E-state index in [1.807, 2.05) is 0 Å². The van der Waals surface area contributed by atoms with Gasteiger partial charge in [-0.25, -0.2) is 0 Å². The predicted octanol–water partition coefficient (Wildman–Crippen LogP) is 0.283. The Bertz CT molecular complexity index is 87.8. The lowest BCUT2D eigenvalue weighted by Crippen LogP contribution is -2.21. The molecule has 0 saturated heterocycles. The minimum atomic E-state index is 0. The van der Waals surface area contributed by atoms with Crippen molar-refractivity contribution in [3.63, 3.8) is 0 Å². The standard InChI is InChI=1S/C6H14N2O.ClH/c1-6(9)8-5-3-2-4-7;/h2-5,7H2,1H3,(H,8,9);1H. The molecule has 4 heteroatoms. The van der Waals surface area contributed by atoms with E-state index in [9.17, 15) is 4.79 Å². The summed E-state index contributed by atoms with van der Waals surface area (Å²) in [4.78, 5) is 10.3. The van der Waals surface area contributed by atoms with Crippen molar-refractivity contribution in [1.82, 2.24) is 5.32 Å². The highest BCUT2D eigenvalue weighted by atomic mass is 35.5. The maximum Gasteiger partial charge on any atom is 0.216 e. The van der Waals surface area contributed by atoms with Crippen LogP contribution in [0, 0.1) is 0 Å². The van der Waals surface area contributed by atoms with Gasteiger partial charge in [0.05, 0.1) is 0 Å². The van der Waals surface area contributed by atoms with Gasteiger partial charge in [-0.15, -0.1) is 12.4 Å². The van der Waals surface area contributed by atoms with Crippen molar-refractivity contribution < 1.29 is 4.79 Å². The molecule has 1 amide bonds.